The topological polar surface area (TPSA) is 114 Å². The maximum Gasteiger partial charge on any atom is 0.514 e. The number of likely N-dealkylation sites (tertiary alicyclic amines) is 1. The summed E-state index contributed by atoms with van der Waals surface area (Å²) in [6.45, 7) is 13.8. The number of benzene rings is 1. The molecule has 8 rings (SSSR count). The predicted octanol–water partition coefficient (Wildman–Crippen LogP) is 4.92. The van der Waals surface area contributed by atoms with Crippen LogP contribution < -0.4 is 9.47 Å². The van der Waals surface area contributed by atoms with Gasteiger partial charge in [-0.15, -0.1) is 0 Å². The lowest BCUT2D eigenvalue weighted by molar-refractivity contribution is -0.312. The van der Waals surface area contributed by atoms with Crippen LogP contribution in [0.15, 0.2) is 12.1 Å². The molecular weight excluding hydrogens is 642 g/mol. The fourth-order valence-electron chi connectivity index (χ4n) is 10.6. The van der Waals surface area contributed by atoms with E-state index in [2.05, 4.69) is 31.7 Å². The molecule has 1 saturated heterocycles. The predicted molar refractivity (Wildman–Crippen MR) is 185 cm³/mol. The van der Waals surface area contributed by atoms with Gasteiger partial charge < -0.3 is 43.0 Å². The van der Waals surface area contributed by atoms with Gasteiger partial charge in [0.1, 0.15) is 18.3 Å². The van der Waals surface area contributed by atoms with Crippen LogP contribution in [-0.4, -0.2) is 120 Å². The lowest BCUT2D eigenvalue weighted by Crippen LogP contribution is -2.83. The Hall–Kier alpha value is -1.99. The van der Waals surface area contributed by atoms with Crippen LogP contribution in [0.1, 0.15) is 77.3 Å². The molecule has 4 bridgehead atoms. The maximum absolute atomic E-state index is 13.0. The van der Waals surface area contributed by atoms with Crippen LogP contribution in [-0.2, 0) is 40.3 Å². The molecule has 0 radical (unpaired) electrons. The Bertz CT molecular complexity index is 1390. The molecule has 1 aromatic rings. The summed E-state index contributed by atoms with van der Waals surface area (Å²) in [5.74, 6) is 1.71. The van der Waals surface area contributed by atoms with Crippen molar-refractivity contribution in [2.24, 2.45) is 22.7 Å². The van der Waals surface area contributed by atoms with Crippen LogP contribution >= 0.6 is 0 Å². The number of hydrogen-bond donors (Lipinski definition) is 1. The van der Waals surface area contributed by atoms with E-state index in [4.69, 9.17) is 37.9 Å². The molecule has 11 nitrogen and oxygen atoms in total. The standard InChI is InChI=1S/C39H59NO10/c1-35(2,3)36(4,42)29-24-37-11-12-39(29,44-6)33-38(37)13-14-40(25-26-7-8-26)30(37)23-27-9-10-28(32(50-33)31(27)38)49-34(41)48-22-21-47-20-19-46-18-17-45-16-15-43-5/h9-10,26,29-30,33,42H,7-8,11-25H2,1-6H3/t29-,30-,33-,36+,37-,38+,39+/m1/s1. The number of nitrogens with zero attached hydrogens (tertiary/aromatic N) is 1. The Morgan fingerprint density at radius 1 is 0.940 bits per heavy atom. The average molecular weight is 702 g/mol. The molecule has 1 aromatic carbocycles. The zero-order valence-corrected chi connectivity index (χ0v) is 31.1. The van der Waals surface area contributed by atoms with E-state index >= 15 is 0 Å². The van der Waals surface area contributed by atoms with Crippen LogP contribution in [0.3, 0.4) is 0 Å². The summed E-state index contributed by atoms with van der Waals surface area (Å²) in [6, 6.07) is 4.39. The molecule has 2 spiro atoms. The molecule has 5 fully saturated rings. The third kappa shape index (κ3) is 5.78. The molecule has 50 heavy (non-hydrogen) atoms. The minimum absolute atomic E-state index is 0.0601. The number of methoxy groups -OCH3 is 2. The first kappa shape index (κ1) is 36.4. The Morgan fingerprint density at radius 2 is 1.62 bits per heavy atom. The first-order chi connectivity index (χ1) is 23.9. The van der Waals surface area contributed by atoms with Gasteiger partial charge in [0.2, 0.25) is 0 Å². The average Bonchev–Trinajstić information content (AvgIpc) is 3.83. The lowest BCUT2D eigenvalue weighted by atomic mass is 9.33. The van der Waals surface area contributed by atoms with E-state index in [0.29, 0.717) is 57.2 Å². The van der Waals surface area contributed by atoms with Gasteiger partial charge in [0.05, 0.1) is 51.8 Å². The maximum atomic E-state index is 13.0. The second-order valence-corrected chi connectivity index (χ2v) is 16.8. The van der Waals surface area contributed by atoms with E-state index in [1.54, 1.807) is 14.2 Å². The second kappa shape index (κ2) is 13.8. The first-order valence-corrected chi connectivity index (χ1v) is 18.9. The van der Waals surface area contributed by atoms with E-state index in [9.17, 15) is 9.90 Å². The second-order valence-electron chi connectivity index (χ2n) is 16.8. The van der Waals surface area contributed by atoms with E-state index < -0.39 is 17.4 Å². The van der Waals surface area contributed by atoms with Crippen LogP contribution in [0.5, 0.6) is 11.5 Å². The summed E-state index contributed by atoms with van der Waals surface area (Å²) in [7, 11) is 3.44. The monoisotopic (exact) mass is 701 g/mol. The fraction of sp³-hybridized carbons (Fsp3) is 0.821. The van der Waals surface area contributed by atoms with Gasteiger partial charge in [0, 0.05) is 49.1 Å². The summed E-state index contributed by atoms with van der Waals surface area (Å²) in [6.07, 6.45) is 6.21. The molecule has 4 saturated carbocycles. The van der Waals surface area contributed by atoms with Crippen LogP contribution in [0.2, 0.25) is 0 Å². The quantitative estimate of drug-likeness (QED) is 0.136. The van der Waals surface area contributed by atoms with Gasteiger partial charge in [-0.3, -0.25) is 4.90 Å². The van der Waals surface area contributed by atoms with Gasteiger partial charge in [0.25, 0.3) is 0 Å². The molecule has 0 amide bonds. The van der Waals surface area contributed by atoms with Crippen LogP contribution in [0.25, 0.3) is 0 Å². The molecule has 0 unspecified atom stereocenters. The Balaban J connectivity index is 1.08. The zero-order valence-electron chi connectivity index (χ0n) is 31.1. The molecule has 280 valence electrons. The fourth-order valence-corrected chi connectivity index (χ4v) is 10.6. The number of carbonyl (C=O) groups excluding carboxylic acids is 1. The van der Waals surface area contributed by atoms with Crippen molar-refractivity contribution in [2.45, 2.75) is 101 Å². The Labute approximate surface area is 297 Å². The molecule has 1 N–H and O–H groups in total. The number of rotatable bonds is 17. The largest absolute Gasteiger partial charge is 0.514 e. The van der Waals surface area contributed by atoms with Crippen LogP contribution in [0, 0.1) is 22.7 Å². The molecule has 2 aliphatic heterocycles. The number of hydrogen-bond acceptors (Lipinski definition) is 11. The lowest BCUT2D eigenvalue weighted by Gasteiger charge is -2.75. The minimum atomic E-state index is -0.998. The summed E-state index contributed by atoms with van der Waals surface area (Å²) in [5.41, 5.74) is 0.0705. The summed E-state index contributed by atoms with van der Waals surface area (Å²) >= 11 is 0. The van der Waals surface area contributed by atoms with Gasteiger partial charge in [-0.2, -0.15) is 0 Å². The van der Waals surface area contributed by atoms with Crippen molar-refractivity contribution >= 4 is 6.16 Å². The summed E-state index contributed by atoms with van der Waals surface area (Å²) < 4.78 is 46.6. The third-order valence-corrected chi connectivity index (χ3v) is 13.7. The van der Waals surface area contributed by atoms with Crippen molar-refractivity contribution in [1.82, 2.24) is 4.90 Å². The first-order valence-electron chi connectivity index (χ1n) is 18.9. The molecule has 0 aromatic heterocycles. The van der Waals surface area contributed by atoms with Crippen LogP contribution in [0.4, 0.5) is 4.79 Å². The molecule has 11 heteroatoms. The molecule has 5 aliphatic carbocycles. The highest BCUT2D eigenvalue weighted by Crippen LogP contribution is 2.78. The number of fused-ring (bicyclic) bond motifs is 2. The molecule has 2 heterocycles. The van der Waals surface area contributed by atoms with Crippen molar-refractivity contribution in [2.75, 3.05) is 80.2 Å². The number of carbonyl (C=O) groups is 1. The van der Waals surface area contributed by atoms with E-state index in [0.717, 1.165) is 51.1 Å². The number of piperidine rings is 1. The van der Waals surface area contributed by atoms with Crippen molar-refractivity contribution in [3.63, 3.8) is 0 Å². The highest BCUT2D eigenvalue weighted by atomic mass is 16.7. The summed E-state index contributed by atoms with van der Waals surface area (Å²) in [4.78, 5) is 15.8. The van der Waals surface area contributed by atoms with Gasteiger partial charge >= 0.3 is 6.16 Å². The molecule has 7 aliphatic rings. The van der Waals surface area contributed by atoms with Crippen molar-refractivity contribution < 1.29 is 47.8 Å². The third-order valence-electron chi connectivity index (χ3n) is 13.7. The smallest absolute Gasteiger partial charge is 0.482 e. The number of ether oxygens (including phenoxy) is 8. The molecule has 7 atom stereocenters. The van der Waals surface area contributed by atoms with Gasteiger partial charge in [-0.25, -0.2) is 4.79 Å². The van der Waals surface area contributed by atoms with Gasteiger partial charge in [-0.05, 0) is 81.4 Å². The minimum Gasteiger partial charge on any atom is -0.482 e. The highest BCUT2D eigenvalue weighted by molar-refractivity contribution is 5.70. The normalized spacial score (nSPS) is 33.5. The summed E-state index contributed by atoms with van der Waals surface area (Å²) in [5, 5.41) is 12.5. The Morgan fingerprint density at radius 3 is 2.26 bits per heavy atom. The van der Waals surface area contributed by atoms with Crippen molar-refractivity contribution in [3.8, 4) is 11.5 Å². The van der Waals surface area contributed by atoms with Crippen molar-refractivity contribution in [3.05, 3.63) is 23.3 Å². The SMILES string of the molecule is COCCOCCOCCOCCOC(=O)Oc1ccc2c3c1O[C@H]1[C@]4(OC)CC[C@@]5(C[C@@H]4[C@](C)(O)C(C)(C)C)[C@@H](C2)N(CC2CC2)CC[C@]315. The van der Waals surface area contributed by atoms with Crippen molar-refractivity contribution in [1.29, 1.82) is 0 Å². The molecular formula is C39H59NO10. The van der Waals surface area contributed by atoms with Gasteiger partial charge in [0.15, 0.2) is 11.5 Å². The van der Waals surface area contributed by atoms with E-state index in [1.165, 1.54) is 24.0 Å². The zero-order chi connectivity index (χ0) is 35.4. The highest BCUT2D eigenvalue weighted by Gasteiger charge is 2.82. The Kier molecular flexibility index (Phi) is 10.0. The van der Waals surface area contributed by atoms with E-state index in [-0.39, 0.29) is 41.5 Å². The van der Waals surface area contributed by atoms with E-state index in [1.807, 2.05) is 13.0 Å². The number of aliphatic hydroxyl groups is 1. The van der Waals surface area contributed by atoms with Gasteiger partial charge in [-0.1, -0.05) is 26.8 Å².